The van der Waals surface area contributed by atoms with Crippen LogP contribution >= 0.6 is 0 Å². The van der Waals surface area contributed by atoms with Crippen molar-refractivity contribution in [2.24, 2.45) is 0 Å². The zero-order chi connectivity index (χ0) is 10.3. The van der Waals surface area contributed by atoms with Crippen LogP contribution < -0.4 is 69.3 Å². The first kappa shape index (κ1) is 20.6. The first-order chi connectivity index (χ1) is 6.04. The average molecular weight is 226 g/mol. The number of carboxylic acids is 2. The van der Waals surface area contributed by atoms with Crippen LogP contribution in [0.5, 0.6) is 0 Å². The van der Waals surface area contributed by atoms with Gasteiger partial charge in [-0.05, 0) is 12.5 Å². The van der Waals surface area contributed by atoms with E-state index in [1.54, 1.807) is 18.2 Å². The number of aromatic carboxylic acids is 1. The summed E-state index contributed by atoms with van der Waals surface area (Å²) in [4.78, 5) is 19.0. The van der Waals surface area contributed by atoms with E-state index in [1.165, 1.54) is 12.1 Å². The van der Waals surface area contributed by atoms with Crippen molar-refractivity contribution in [2.45, 2.75) is 6.92 Å². The molecule has 0 aromatic heterocycles. The fourth-order valence-electron chi connectivity index (χ4n) is 0.574. The van der Waals surface area contributed by atoms with Crippen LogP contribution in [0.3, 0.4) is 0 Å². The first-order valence-corrected chi connectivity index (χ1v) is 3.48. The quantitative estimate of drug-likeness (QED) is 0.446. The molecule has 6 heteroatoms. The van der Waals surface area contributed by atoms with Gasteiger partial charge in [-0.2, -0.15) is 0 Å². The SMILES string of the molecule is CC(=O)[O-].O=C([O-])c1ccccc1.[Na+].[Na+]. The monoisotopic (exact) mass is 226 g/mol. The van der Waals surface area contributed by atoms with Crippen molar-refractivity contribution in [2.75, 3.05) is 0 Å². The van der Waals surface area contributed by atoms with Gasteiger partial charge in [0.1, 0.15) is 0 Å². The Bertz CT molecular complexity index is 283. The van der Waals surface area contributed by atoms with E-state index in [4.69, 9.17) is 9.90 Å². The van der Waals surface area contributed by atoms with Crippen LogP contribution in [-0.2, 0) is 4.79 Å². The average Bonchev–Trinajstić information content (AvgIpc) is 2.05. The topological polar surface area (TPSA) is 80.3 Å². The number of benzene rings is 1. The minimum atomic E-state index is -1.13. The zero-order valence-corrected chi connectivity index (χ0v) is 13.0. The summed E-state index contributed by atoms with van der Waals surface area (Å²) in [6.07, 6.45) is 0. The Hall–Kier alpha value is 0.160. The van der Waals surface area contributed by atoms with Crippen molar-refractivity contribution in [1.82, 2.24) is 0 Å². The fourth-order valence-corrected chi connectivity index (χ4v) is 0.574. The van der Waals surface area contributed by atoms with E-state index in [9.17, 15) is 9.90 Å². The predicted octanol–water partition coefficient (Wildman–Crippen LogP) is -7.19. The molecule has 0 saturated heterocycles. The smallest absolute Gasteiger partial charge is 0.550 e. The van der Waals surface area contributed by atoms with Crippen molar-refractivity contribution in [3.63, 3.8) is 0 Å². The van der Waals surface area contributed by atoms with Crippen LogP contribution in [0, 0.1) is 0 Å². The molecule has 1 aromatic carbocycles. The van der Waals surface area contributed by atoms with E-state index in [2.05, 4.69) is 0 Å². The van der Waals surface area contributed by atoms with Gasteiger partial charge < -0.3 is 19.8 Å². The van der Waals surface area contributed by atoms with Crippen molar-refractivity contribution in [3.8, 4) is 0 Å². The molecule has 0 aliphatic carbocycles. The maximum absolute atomic E-state index is 10.1. The van der Waals surface area contributed by atoms with Crippen LogP contribution in [0.4, 0.5) is 0 Å². The van der Waals surface area contributed by atoms with Crippen molar-refractivity contribution < 1.29 is 78.9 Å². The molecule has 1 aromatic rings. The number of aliphatic carboxylic acids is 1. The number of hydrogen-bond acceptors (Lipinski definition) is 4. The second kappa shape index (κ2) is 12.2. The zero-order valence-electron chi connectivity index (χ0n) is 9.02. The standard InChI is InChI=1S/C7H6O2.C2H4O2.2Na/c8-7(9)6-4-2-1-3-5-6;1-2(3)4;;/h1-5H,(H,8,9);1H3,(H,3,4);;/q;;2*+1/p-2. The van der Waals surface area contributed by atoms with E-state index in [-0.39, 0.29) is 64.7 Å². The van der Waals surface area contributed by atoms with Gasteiger partial charge in [0.05, 0.1) is 5.97 Å². The molecule has 0 amide bonds. The third-order valence-electron chi connectivity index (χ3n) is 1.01. The van der Waals surface area contributed by atoms with Gasteiger partial charge in [-0.1, -0.05) is 30.3 Å². The van der Waals surface area contributed by atoms with Crippen molar-refractivity contribution in [1.29, 1.82) is 0 Å². The molecule has 0 fully saturated rings. The Labute approximate surface area is 132 Å². The van der Waals surface area contributed by atoms with Gasteiger partial charge >= 0.3 is 59.1 Å². The Morgan fingerprint density at radius 2 is 1.33 bits per heavy atom. The Balaban J connectivity index is -0.000000213. The van der Waals surface area contributed by atoms with E-state index < -0.39 is 11.9 Å². The van der Waals surface area contributed by atoms with Gasteiger partial charge in [-0.15, -0.1) is 0 Å². The molecule has 0 unspecified atom stereocenters. The second-order valence-corrected chi connectivity index (χ2v) is 2.15. The molecular weight excluding hydrogens is 218 g/mol. The van der Waals surface area contributed by atoms with Crippen molar-refractivity contribution in [3.05, 3.63) is 35.9 Å². The summed E-state index contributed by atoms with van der Waals surface area (Å²) < 4.78 is 0. The maximum atomic E-state index is 10.1. The van der Waals surface area contributed by atoms with Crippen LogP contribution in [0.2, 0.25) is 0 Å². The molecule has 4 nitrogen and oxygen atoms in total. The van der Waals surface area contributed by atoms with Crippen LogP contribution in [0.25, 0.3) is 0 Å². The molecule has 0 bridgehead atoms. The Morgan fingerprint density at radius 1 is 1.00 bits per heavy atom. The summed E-state index contributed by atoms with van der Waals surface area (Å²) in [7, 11) is 0. The molecule has 0 saturated carbocycles. The summed E-state index contributed by atoms with van der Waals surface area (Å²) in [5, 5.41) is 19.0. The number of rotatable bonds is 1. The van der Waals surface area contributed by atoms with Gasteiger partial charge in [0, 0.05) is 5.97 Å². The number of carbonyl (C=O) groups is 2. The van der Waals surface area contributed by atoms with Gasteiger partial charge in [-0.25, -0.2) is 0 Å². The Kier molecular flexibility index (Phi) is 16.8. The fraction of sp³-hybridized carbons (Fsp3) is 0.111. The van der Waals surface area contributed by atoms with Gasteiger partial charge in [0.2, 0.25) is 0 Å². The molecule has 70 valence electrons. The van der Waals surface area contributed by atoms with E-state index >= 15 is 0 Å². The number of hydrogen-bond donors (Lipinski definition) is 0. The van der Waals surface area contributed by atoms with Crippen LogP contribution in [0.15, 0.2) is 30.3 Å². The molecule has 15 heavy (non-hydrogen) atoms. The summed E-state index contributed by atoms with van der Waals surface area (Å²) in [5.41, 5.74) is 0.220. The van der Waals surface area contributed by atoms with Gasteiger partial charge in [0.15, 0.2) is 0 Å². The van der Waals surface area contributed by atoms with Crippen LogP contribution in [0.1, 0.15) is 17.3 Å². The van der Waals surface area contributed by atoms with Gasteiger partial charge in [-0.3, -0.25) is 0 Å². The number of carboxylic acid groups (broad SMARTS) is 2. The molecule has 0 N–H and O–H groups in total. The summed E-state index contributed by atoms with van der Waals surface area (Å²) in [6.45, 7) is 0.972. The van der Waals surface area contributed by atoms with Crippen LogP contribution in [-0.4, -0.2) is 11.9 Å². The maximum Gasteiger partial charge on any atom is 1.00 e. The predicted molar refractivity (Wildman–Crippen MR) is 41.5 cm³/mol. The molecule has 0 aliphatic rings. The first-order valence-electron chi connectivity index (χ1n) is 3.48. The summed E-state index contributed by atoms with van der Waals surface area (Å²) >= 11 is 0. The minimum absolute atomic E-state index is 0. The molecule has 0 aliphatic heterocycles. The summed E-state index contributed by atoms with van der Waals surface area (Å²) in [5.74, 6) is -2.21. The van der Waals surface area contributed by atoms with Gasteiger partial charge in [0.25, 0.3) is 0 Å². The third-order valence-corrected chi connectivity index (χ3v) is 1.01. The Morgan fingerprint density at radius 3 is 1.53 bits per heavy atom. The van der Waals surface area contributed by atoms with E-state index in [0.29, 0.717) is 0 Å². The summed E-state index contributed by atoms with van der Waals surface area (Å²) in [6, 6.07) is 8.06. The van der Waals surface area contributed by atoms with E-state index in [0.717, 1.165) is 6.92 Å². The largest absolute Gasteiger partial charge is 1.00 e. The molecular formula is C9H8Na2O4. The molecule has 0 spiro atoms. The number of carbonyl (C=O) groups excluding carboxylic acids is 2. The second-order valence-electron chi connectivity index (χ2n) is 2.15. The molecule has 0 heterocycles. The van der Waals surface area contributed by atoms with Crippen molar-refractivity contribution >= 4 is 11.9 Å². The molecule has 1 rings (SSSR count). The third kappa shape index (κ3) is 14.2. The minimum Gasteiger partial charge on any atom is -0.550 e. The normalized spacial score (nSPS) is 7.00. The molecule has 0 radical (unpaired) electrons. The molecule has 0 atom stereocenters. The van der Waals surface area contributed by atoms with E-state index in [1.807, 2.05) is 0 Å².